The first kappa shape index (κ1) is 15.0. The molecule has 7 nitrogen and oxygen atoms in total. The molecule has 0 aliphatic heterocycles. The van der Waals surface area contributed by atoms with Crippen LogP contribution in [0.25, 0.3) is 0 Å². The lowest BCUT2D eigenvalue weighted by Gasteiger charge is -2.12. The van der Waals surface area contributed by atoms with Crippen molar-refractivity contribution in [3.05, 3.63) is 17.7 Å². The monoisotopic (exact) mass is 287 g/mol. The van der Waals surface area contributed by atoms with Crippen molar-refractivity contribution in [3.8, 4) is 5.75 Å². The predicted molar refractivity (Wildman–Crippen MR) is 67.4 cm³/mol. The number of carbonyl (C=O) groups is 2. The van der Waals surface area contributed by atoms with Crippen molar-refractivity contribution >= 4 is 27.4 Å². The van der Waals surface area contributed by atoms with E-state index in [9.17, 15) is 18.0 Å². The highest BCUT2D eigenvalue weighted by Gasteiger charge is 2.21. The number of carbonyl (C=O) groups excluding carboxylic acids is 1. The Bertz CT molecular complexity index is 635. The number of carboxylic acids is 1. The number of methoxy groups -OCH3 is 1. The van der Waals surface area contributed by atoms with E-state index in [-0.39, 0.29) is 21.9 Å². The summed E-state index contributed by atoms with van der Waals surface area (Å²) in [7, 11) is -2.44. The molecular weight excluding hydrogens is 274 g/mol. The van der Waals surface area contributed by atoms with Crippen LogP contribution < -0.4 is 10.1 Å². The molecule has 0 saturated heterocycles. The third-order valence-electron chi connectivity index (χ3n) is 2.24. The normalized spacial score (nSPS) is 10.9. The molecule has 0 atom stereocenters. The minimum Gasteiger partial charge on any atom is -0.496 e. The van der Waals surface area contributed by atoms with Crippen LogP contribution in [0.2, 0.25) is 0 Å². The Morgan fingerprint density at radius 1 is 1.32 bits per heavy atom. The van der Waals surface area contributed by atoms with Crippen LogP contribution >= 0.6 is 0 Å². The van der Waals surface area contributed by atoms with Gasteiger partial charge in [0.25, 0.3) is 0 Å². The summed E-state index contributed by atoms with van der Waals surface area (Å²) >= 11 is 0. The van der Waals surface area contributed by atoms with E-state index in [0.717, 1.165) is 12.3 Å². The lowest BCUT2D eigenvalue weighted by atomic mass is 10.1. The predicted octanol–water partition coefficient (Wildman–Crippen LogP) is 0.755. The van der Waals surface area contributed by atoms with E-state index in [2.05, 4.69) is 5.32 Å². The zero-order chi connectivity index (χ0) is 14.8. The molecule has 0 heterocycles. The van der Waals surface area contributed by atoms with Crippen LogP contribution in [-0.4, -0.2) is 38.8 Å². The highest BCUT2D eigenvalue weighted by atomic mass is 32.2. The molecule has 0 aliphatic rings. The zero-order valence-electron chi connectivity index (χ0n) is 10.6. The summed E-state index contributed by atoms with van der Waals surface area (Å²) in [6.45, 7) is 1.21. The Morgan fingerprint density at radius 3 is 2.26 bits per heavy atom. The van der Waals surface area contributed by atoms with E-state index in [1.54, 1.807) is 0 Å². The molecule has 8 heteroatoms. The lowest BCUT2D eigenvalue weighted by Crippen LogP contribution is -2.13. The fourth-order valence-corrected chi connectivity index (χ4v) is 2.33. The molecule has 1 aromatic rings. The first-order valence-corrected chi connectivity index (χ1v) is 6.99. The lowest BCUT2D eigenvalue weighted by molar-refractivity contribution is -0.114. The summed E-state index contributed by atoms with van der Waals surface area (Å²) in [6, 6.07) is 2.13. The Hall–Kier alpha value is -2.09. The quantitative estimate of drug-likeness (QED) is 0.845. The zero-order valence-corrected chi connectivity index (χ0v) is 11.4. The van der Waals surface area contributed by atoms with E-state index in [4.69, 9.17) is 9.84 Å². The number of anilines is 1. The average molecular weight is 287 g/mol. The first-order chi connectivity index (χ1) is 8.66. The van der Waals surface area contributed by atoms with Crippen molar-refractivity contribution in [1.29, 1.82) is 0 Å². The van der Waals surface area contributed by atoms with E-state index in [0.29, 0.717) is 0 Å². The Morgan fingerprint density at radius 2 is 1.89 bits per heavy atom. The number of ether oxygens (including phenoxy) is 1. The maximum atomic E-state index is 11.6. The fourth-order valence-electron chi connectivity index (χ4n) is 1.49. The minimum atomic E-state index is -3.69. The summed E-state index contributed by atoms with van der Waals surface area (Å²) in [5.74, 6) is -1.84. The molecule has 104 valence electrons. The smallest absolute Gasteiger partial charge is 0.339 e. The molecule has 0 radical (unpaired) electrons. The molecule has 0 fully saturated rings. The van der Waals surface area contributed by atoms with Gasteiger partial charge >= 0.3 is 5.97 Å². The molecule has 0 bridgehead atoms. The summed E-state index contributed by atoms with van der Waals surface area (Å²) < 4.78 is 28.1. The van der Waals surface area contributed by atoms with Gasteiger partial charge < -0.3 is 15.2 Å². The summed E-state index contributed by atoms with van der Waals surface area (Å²) in [5, 5.41) is 11.3. The molecule has 1 amide bonds. The van der Waals surface area contributed by atoms with Crippen molar-refractivity contribution in [2.45, 2.75) is 11.8 Å². The van der Waals surface area contributed by atoms with Crippen LogP contribution in [0.5, 0.6) is 5.75 Å². The molecule has 1 rings (SSSR count). The summed E-state index contributed by atoms with van der Waals surface area (Å²) in [5.41, 5.74) is -0.311. The van der Waals surface area contributed by atoms with Gasteiger partial charge in [0.05, 0.1) is 17.7 Å². The van der Waals surface area contributed by atoms with Crippen LogP contribution in [0.3, 0.4) is 0 Å². The van der Waals surface area contributed by atoms with E-state index in [1.165, 1.54) is 20.1 Å². The topological polar surface area (TPSA) is 110 Å². The largest absolute Gasteiger partial charge is 0.496 e. The summed E-state index contributed by atoms with van der Waals surface area (Å²) in [6.07, 6.45) is 0.922. The number of hydrogen-bond acceptors (Lipinski definition) is 5. The van der Waals surface area contributed by atoms with Gasteiger partial charge in [-0.2, -0.15) is 0 Å². The number of carboxylic acid groups (broad SMARTS) is 1. The third kappa shape index (κ3) is 3.44. The number of nitrogens with one attached hydrogen (secondary N) is 1. The number of sulfone groups is 1. The Balaban J connectivity index is 3.62. The van der Waals surface area contributed by atoms with Crippen molar-refractivity contribution < 1.29 is 27.9 Å². The van der Waals surface area contributed by atoms with Crippen molar-refractivity contribution in [2.24, 2.45) is 0 Å². The van der Waals surface area contributed by atoms with Gasteiger partial charge in [-0.15, -0.1) is 0 Å². The molecule has 0 unspecified atom stereocenters. The minimum absolute atomic E-state index is 0.0168. The first-order valence-electron chi connectivity index (χ1n) is 5.09. The van der Waals surface area contributed by atoms with E-state index < -0.39 is 21.7 Å². The van der Waals surface area contributed by atoms with Crippen molar-refractivity contribution in [3.63, 3.8) is 0 Å². The summed E-state index contributed by atoms with van der Waals surface area (Å²) in [4.78, 5) is 21.8. The molecule has 1 aromatic carbocycles. The van der Waals surface area contributed by atoms with Crippen LogP contribution in [-0.2, 0) is 14.6 Å². The highest BCUT2D eigenvalue weighted by Crippen LogP contribution is 2.30. The van der Waals surface area contributed by atoms with Gasteiger partial charge in [-0.25, -0.2) is 13.2 Å². The van der Waals surface area contributed by atoms with Gasteiger partial charge in [0.15, 0.2) is 9.84 Å². The van der Waals surface area contributed by atoms with Crippen LogP contribution in [0.15, 0.2) is 17.0 Å². The molecule has 19 heavy (non-hydrogen) atoms. The van der Waals surface area contributed by atoms with Crippen molar-refractivity contribution in [2.75, 3.05) is 18.7 Å². The molecule has 2 N–H and O–H groups in total. The van der Waals surface area contributed by atoms with E-state index in [1.807, 2.05) is 0 Å². The van der Waals surface area contributed by atoms with Crippen molar-refractivity contribution in [1.82, 2.24) is 0 Å². The van der Waals surface area contributed by atoms with Gasteiger partial charge in [-0.3, -0.25) is 4.79 Å². The number of hydrogen-bond donors (Lipinski definition) is 2. The van der Waals surface area contributed by atoms with Crippen LogP contribution in [0, 0.1) is 0 Å². The van der Waals surface area contributed by atoms with Crippen LogP contribution in [0.4, 0.5) is 5.69 Å². The average Bonchev–Trinajstić information content (AvgIpc) is 2.25. The number of benzene rings is 1. The van der Waals surface area contributed by atoms with Gasteiger partial charge in [0.2, 0.25) is 5.91 Å². The fraction of sp³-hybridized carbons (Fsp3) is 0.273. The van der Waals surface area contributed by atoms with Gasteiger partial charge in [-0.1, -0.05) is 0 Å². The van der Waals surface area contributed by atoms with Gasteiger partial charge in [0, 0.05) is 19.2 Å². The highest BCUT2D eigenvalue weighted by molar-refractivity contribution is 7.90. The SMILES string of the molecule is COc1cc(NC(C)=O)c(S(C)(=O)=O)cc1C(=O)O. The second kappa shape index (κ2) is 5.27. The number of rotatable bonds is 4. The van der Waals surface area contributed by atoms with Gasteiger partial charge in [-0.05, 0) is 6.07 Å². The Labute approximate surface area is 110 Å². The van der Waals surface area contributed by atoms with Crippen LogP contribution in [0.1, 0.15) is 17.3 Å². The van der Waals surface area contributed by atoms with Gasteiger partial charge in [0.1, 0.15) is 11.3 Å². The standard InChI is InChI=1S/C11H13NO6S/c1-6(13)12-8-5-9(18-2)7(11(14)15)4-10(8)19(3,16)17/h4-5H,1-3H3,(H,12,13)(H,14,15). The maximum absolute atomic E-state index is 11.6. The molecule has 0 aromatic heterocycles. The maximum Gasteiger partial charge on any atom is 0.339 e. The Kier molecular flexibility index (Phi) is 4.15. The number of aromatic carboxylic acids is 1. The number of amides is 1. The molecule has 0 spiro atoms. The second-order valence-electron chi connectivity index (χ2n) is 3.81. The molecule has 0 aliphatic carbocycles. The third-order valence-corrected chi connectivity index (χ3v) is 3.38. The molecular formula is C11H13NO6S. The molecule has 0 saturated carbocycles. The second-order valence-corrected chi connectivity index (χ2v) is 5.79. The van der Waals surface area contributed by atoms with E-state index >= 15 is 0 Å².